The van der Waals surface area contributed by atoms with Crippen LogP contribution in [0, 0.1) is 5.41 Å². The normalized spacial score (nSPS) is 9.82. The minimum atomic E-state index is 0.227. The summed E-state index contributed by atoms with van der Waals surface area (Å²) < 4.78 is 1.73. The molecule has 0 spiro atoms. The van der Waals surface area contributed by atoms with Gasteiger partial charge in [-0.2, -0.15) is 5.10 Å². The Balaban J connectivity index is 2.19. The lowest BCUT2D eigenvalue weighted by Gasteiger charge is -1.98. The van der Waals surface area contributed by atoms with Crippen LogP contribution in [0.3, 0.4) is 0 Å². The van der Waals surface area contributed by atoms with Crippen LogP contribution >= 0.6 is 0 Å². The maximum atomic E-state index is 6.96. The number of hydrogen-bond donors (Lipinski definition) is 2. The van der Waals surface area contributed by atoms with Gasteiger partial charge < -0.3 is 5.73 Å². The van der Waals surface area contributed by atoms with Crippen LogP contribution < -0.4 is 5.73 Å². The average Bonchev–Trinajstić information content (AvgIpc) is 2.39. The molecular formula is C6H11N5. The van der Waals surface area contributed by atoms with Gasteiger partial charge in [-0.05, 0) is 6.42 Å². The van der Waals surface area contributed by atoms with Gasteiger partial charge in [-0.3, -0.25) is 10.1 Å². The molecule has 3 N–H and O–H groups in total. The zero-order valence-corrected chi connectivity index (χ0v) is 6.20. The minimum absolute atomic E-state index is 0.227. The Kier molecular flexibility index (Phi) is 2.59. The van der Waals surface area contributed by atoms with Crippen LogP contribution in [0.2, 0.25) is 0 Å². The zero-order valence-electron chi connectivity index (χ0n) is 6.20. The summed E-state index contributed by atoms with van der Waals surface area (Å²) in [6, 6.07) is 0. The molecule has 0 radical (unpaired) electrons. The number of aromatic nitrogens is 3. The third kappa shape index (κ3) is 2.79. The van der Waals surface area contributed by atoms with Crippen LogP contribution in [-0.2, 0) is 6.54 Å². The van der Waals surface area contributed by atoms with E-state index in [-0.39, 0.29) is 5.84 Å². The smallest absolute Gasteiger partial charge is 0.137 e. The topological polar surface area (TPSA) is 80.6 Å². The van der Waals surface area contributed by atoms with E-state index < -0.39 is 0 Å². The highest BCUT2D eigenvalue weighted by atomic mass is 15.3. The van der Waals surface area contributed by atoms with Crippen molar-refractivity contribution in [3.05, 3.63) is 12.7 Å². The van der Waals surface area contributed by atoms with E-state index in [2.05, 4.69) is 10.1 Å². The molecule has 0 aliphatic rings. The van der Waals surface area contributed by atoms with Gasteiger partial charge >= 0.3 is 0 Å². The van der Waals surface area contributed by atoms with Gasteiger partial charge in [0, 0.05) is 13.0 Å². The largest absolute Gasteiger partial charge is 0.388 e. The first-order valence-electron chi connectivity index (χ1n) is 3.44. The zero-order chi connectivity index (χ0) is 8.10. The Morgan fingerprint density at radius 3 is 3.00 bits per heavy atom. The molecule has 0 aliphatic heterocycles. The van der Waals surface area contributed by atoms with Gasteiger partial charge in [0.15, 0.2) is 0 Å². The van der Waals surface area contributed by atoms with Gasteiger partial charge in [0.25, 0.3) is 0 Å². The summed E-state index contributed by atoms with van der Waals surface area (Å²) in [6.45, 7) is 0.777. The maximum absolute atomic E-state index is 6.96. The van der Waals surface area contributed by atoms with Gasteiger partial charge in [0.2, 0.25) is 0 Å². The number of aryl methyl sites for hydroxylation is 1. The molecular weight excluding hydrogens is 142 g/mol. The van der Waals surface area contributed by atoms with E-state index >= 15 is 0 Å². The summed E-state index contributed by atoms with van der Waals surface area (Å²) in [5.74, 6) is 0.227. The fourth-order valence-corrected chi connectivity index (χ4v) is 0.780. The van der Waals surface area contributed by atoms with Crippen LogP contribution in [-0.4, -0.2) is 20.6 Å². The molecule has 1 heterocycles. The molecule has 0 amide bonds. The van der Waals surface area contributed by atoms with Crippen molar-refractivity contribution in [3.8, 4) is 0 Å². The van der Waals surface area contributed by atoms with E-state index in [4.69, 9.17) is 11.1 Å². The molecule has 1 rings (SSSR count). The first kappa shape index (κ1) is 7.71. The van der Waals surface area contributed by atoms with E-state index in [1.807, 2.05) is 0 Å². The van der Waals surface area contributed by atoms with Crippen molar-refractivity contribution >= 4 is 5.84 Å². The van der Waals surface area contributed by atoms with E-state index in [0.29, 0.717) is 6.42 Å². The fraction of sp³-hybridized carbons (Fsp3) is 0.500. The van der Waals surface area contributed by atoms with Gasteiger partial charge in [-0.25, -0.2) is 4.98 Å². The maximum Gasteiger partial charge on any atom is 0.137 e. The molecule has 0 unspecified atom stereocenters. The molecule has 0 aromatic carbocycles. The Morgan fingerprint density at radius 1 is 1.64 bits per heavy atom. The van der Waals surface area contributed by atoms with Crippen LogP contribution in [0.25, 0.3) is 0 Å². The van der Waals surface area contributed by atoms with E-state index in [1.54, 1.807) is 11.0 Å². The number of nitrogens with one attached hydrogen (secondary N) is 1. The number of rotatable bonds is 4. The molecule has 0 bridgehead atoms. The van der Waals surface area contributed by atoms with Gasteiger partial charge in [-0.15, -0.1) is 0 Å². The van der Waals surface area contributed by atoms with E-state index in [9.17, 15) is 0 Å². The van der Waals surface area contributed by atoms with Crippen LogP contribution in [0.1, 0.15) is 12.8 Å². The molecule has 0 saturated heterocycles. The third-order valence-electron chi connectivity index (χ3n) is 1.30. The lowest BCUT2D eigenvalue weighted by atomic mass is 10.3. The van der Waals surface area contributed by atoms with Crippen molar-refractivity contribution in [1.82, 2.24) is 14.8 Å². The molecule has 60 valence electrons. The molecule has 5 heteroatoms. The average molecular weight is 153 g/mol. The number of nitrogens with zero attached hydrogens (tertiary/aromatic N) is 3. The summed E-state index contributed by atoms with van der Waals surface area (Å²) in [7, 11) is 0. The predicted octanol–water partition coefficient (Wildman–Crippen LogP) is -0.00573. The van der Waals surface area contributed by atoms with Crippen molar-refractivity contribution in [2.45, 2.75) is 19.4 Å². The number of hydrogen-bond acceptors (Lipinski definition) is 3. The molecule has 0 aliphatic carbocycles. The SMILES string of the molecule is N=C(N)CCCn1cncn1. The molecule has 0 atom stereocenters. The lowest BCUT2D eigenvalue weighted by molar-refractivity contribution is 0.587. The first-order valence-corrected chi connectivity index (χ1v) is 3.44. The molecule has 1 aromatic rings. The minimum Gasteiger partial charge on any atom is -0.388 e. The summed E-state index contributed by atoms with van der Waals surface area (Å²) in [5.41, 5.74) is 5.17. The molecule has 5 nitrogen and oxygen atoms in total. The van der Waals surface area contributed by atoms with Gasteiger partial charge in [-0.1, -0.05) is 0 Å². The Morgan fingerprint density at radius 2 is 2.45 bits per heavy atom. The highest BCUT2D eigenvalue weighted by Gasteiger charge is 1.92. The second-order valence-corrected chi connectivity index (χ2v) is 2.29. The van der Waals surface area contributed by atoms with Gasteiger partial charge in [0.05, 0.1) is 5.84 Å². The van der Waals surface area contributed by atoms with Crippen molar-refractivity contribution in [3.63, 3.8) is 0 Å². The van der Waals surface area contributed by atoms with Gasteiger partial charge in [0.1, 0.15) is 12.7 Å². The number of nitrogens with two attached hydrogens (primary N) is 1. The first-order chi connectivity index (χ1) is 5.29. The van der Waals surface area contributed by atoms with Crippen molar-refractivity contribution in [1.29, 1.82) is 5.41 Å². The quantitative estimate of drug-likeness (QED) is 0.471. The molecule has 0 saturated carbocycles. The molecule has 0 fully saturated rings. The van der Waals surface area contributed by atoms with E-state index in [0.717, 1.165) is 13.0 Å². The summed E-state index contributed by atoms with van der Waals surface area (Å²) >= 11 is 0. The monoisotopic (exact) mass is 153 g/mol. The highest BCUT2D eigenvalue weighted by molar-refractivity contribution is 5.76. The van der Waals surface area contributed by atoms with Crippen molar-refractivity contribution in [2.75, 3.05) is 0 Å². The lowest BCUT2D eigenvalue weighted by Crippen LogP contribution is -2.10. The highest BCUT2D eigenvalue weighted by Crippen LogP contribution is 1.91. The van der Waals surface area contributed by atoms with E-state index in [1.165, 1.54) is 6.33 Å². The molecule has 1 aromatic heterocycles. The summed E-state index contributed by atoms with van der Waals surface area (Å²) in [4.78, 5) is 3.79. The Hall–Kier alpha value is -1.39. The second kappa shape index (κ2) is 3.70. The van der Waals surface area contributed by atoms with Crippen molar-refractivity contribution in [2.24, 2.45) is 5.73 Å². The summed E-state index contributed by atoms with van der Waals surface area (Å²) in [6.07, 6.45) is 4.62. The summed E-state index contributed by atoms with van der Waals surface area (Å²) in [5, 5.41) is 10.9. The van der Waals surface area contributed by atoms with Crippen LogP contribution in [0.15, 0.2) is 12.7 Å². The molecule has 11 heavy (non-hydrogen) atoms. The fourth-order valence-electron chi connectivity index (χ4n) is 0.780. The predicted molar refractivity (Wildman–Crippen MR) is 41.2 cm³/mol. The standard InChI is InChI=1S/C6H11N5/c7-6(8)2-1-3-11-5-9-4-10-11/h4-5H,1-3H2,(H3,7,8). The Bertz CT molecular complexity index is 215. The third-order valence-corrected chi connectivity index (χ3v) is 1.30. The van der Waals surface area contributed by atoms with Crippen molar-refractivity contribution < 1.29 is 0 Å². The van der Waals surface area contributed by atoms with Crippen LogP contribution in [0.5, 0.6) is 0 Å². The second-order valence-electron chi connectivity index (χ2n) is 2.29. The Labute approximate surface area is 64.7 Å². The van der Waals surface area contributed by atoms with Crippen LogP contribution in [0.4, 0.5) is 0 Å². The number of amidine groups is 1.